The Morgan fingerprint density at radius 1 is 1.33 bits per heavy atom. The van der Waals surface area contributed by atoms with Crippen LogP contribution in [0.25, 0.3) is 0 Å². The van der Waals surface area contributed by atoms with E-state index in [2.05, 4.69) is 17.1 Å². The molecule has 0 radical (unpaired) electrons. The lowest BCUT2D eigenvalue weighted by atomic mass is 10.5. The smallest absolute Gasteiger partial charge is 0.169 e. The SMILES string of the molecule is CCOCCN(CC)C(=S)NCCOC. The number of rotatable bonds is 8. The summed E-state index contributed by atoms with van der Waals surface area (Å²) in [7, 11) is 1.68. The minimum Gasteiger partial charge on any atom is -0.383 e. The second-order valence-electron chi connectivity index (χ2n) is 3.00. The number of nitrogens with one attached hydrogen (secondary N) is 1. The van der Waals surface area contributed by atoms with E-state index in [1.807, 2.05) is 6.92 Å². The fourth-order valence-corrected chi connectivity index (χ4v) is 1.42. The van der Waals surface area contributed by atoms with Crippen molar-refractivity contribution in [2.24, 2.45) is 0 Å². The molecule has 5 heteroatoms. The van der Waals surface area contributed by atoms with E-state index in [1.165, 1.54) is 0 Å². The monoisotopic (exact) mass is 234 g/mol. The predicted octanol–water partition coefficient (Wildman–Crippen LogP) is 0.866. The molecule has 0 heterocycles. The zero-order valence-electron chi connectivity index (χ0n) is 9.91. The van der Waals surface area contributed by atoms with E-state index < -0.39 is 0 Å². The summed E-state index contributed by atoms with van der Waals surface area (Å²) in [6.07, 6.45) is 0. The number of hydrogen-bond acceptors (Lipinski definition) is 3. The fraction of sp³-hybridized carbons (Fsp3) is 0.900. The maximum Gasteiger partial charge on any atom is 0.169 e. The molecule has 0 saturated carbocycles. The first-order chi connectivity index (χ1) is 7.26. The Balaban J connectivity index is 3.67. The molecule has 0 unspecified atom stereocenters. The van der Waals surface area contributed by atoms with Crippen LogP contribution in [-0.2, 0) is 9.47 Å². The molecule has 0 spiro atoms. The molecule has 0 aliphatic heterocycles. The van der Waals surface area contributed by atoms with Crippen LogP contribution in [-0.4, -0.2) is 56.6 Å². The summed E-state index contributed by atoms with van der Waals surface area (Å²) in [6.45, 7) is 8.69. The molecular formula is C10H22N2O2S. The number of likely N-dealkylation sites (N-methyl/N-ethyl adjacent to an activating group) is 1. The van der Waals surface area contributed by atoms with Crippen LogP contribution in [0.1, 0.15) is 13.8 Å². The number of thiocarbonyl (C=S) groups is 1. The van der Waals surface area contributed by atoms with Gasteiger partial charge in [0.05, 0.1) is 13.2 Å². The summed E-state index contributed by atoms with van der Waals surface area (Å²) in [4.78, 5) is 2.08. The zero-order chi connectivity index (χ0) is 11.5. The fourth-order valence-electron chi connectivity index (χ4n) is 1.09. The third kappa shape index (κ3) is 7.53. The number of ether oxygens (including phenoxy) is 2. The van der Waals surface area contributed by atoms with Crippen LogP contribution >= 0.6 is 12.2 Å². The maximum absolute atomic E-state index is 5.29. The molecule has 0 aliphatic rings. The summed E-state index contributed by atoms with van der Waals surface area (Å²) in [5.41, 5.74) is 0. The van der Waals surface area contributed by atoms with Crippen molar-refractivity contribution < 1.29 is 9.47 Å². The quantitative estimate of drug-likeness (QED) is 0.498. The van der Waals surface area contributed by atoms with Crippen molar-refractivity contribution >= 4 is 17.3 Å². The highest BCUT2D eigenvalue weighted by Crippen LogP contribution is 1.90. The van der Waals surface area contributed by atoms with Gasteiger partial charge in [0, 0.05) is 33.4 Å². The molecule has 0 amide bonds. The molecule has 0 fully saturated rings. The van der Waals surface area contributed by atoms with Crippen LogP contribution in [0.15, 0.2) is 0 Å². The minimum atomic E-state index is 0.670. The highest BCUT2D eigenvalue weighted by atomic mass is 32.1. The Bertz CT molecular complexity index is 168. The van der Waals surface area contributed by atoms with Gasteiger partial charge in [-0.15, -0.1) is 0 Å². The molecule has 0 rings (SSSR count). The average molecular weight is 234 g/mol. The standard InChI is InChI=1S/C10H22N2O2S/c1-4-12(7-9-14-5-2)10(15)11-6-8-13-3/h4-9H2,1-3H3,(H,11,15). The van der Waals surface area contributed by atoms with Gasteiger partial charge in [-0.3, -0.25) is 0 Å². The van der Waals surface area contributed by atoms with Gasteiger partial charge in [-0.2, -0.15) is 0 Å². The molecule has 0 saturated heterocycles. The Hall–Kier alpha value is -0.390. The van der Waals surface area contributed by atoms with E-state index in [1.54, 1.807) is 7.11 Å². The van der Waals surface area contributed by atoms with Crippen LogP contribution < -0.4 is 5.32 Å². The van der Waals surface area contributed by atoms with E-state index in [-0.39, 0.29) is 0 Å². The van der Waals surface area contributed by atoms with E-state index in [0.717, 1.165) is 38.0 Å². The maximum atomic E-state index is 5.29. The van der Waals surface area contributed by atoms with Crippen LogP contribution in [0.3, 0.4) is 0 Å². The van der Waals surface area contributed by atoms with Crippen molar-refractivity contribution in [3.63, 3.8) is 0 Å². The summed E-state index contributed by atoms with van der Waals surface area (Å²) in [6, 6.07) is 0. The second kappa shape index (κ2) is 10.1. The van der Waals surface area contributed by atoms with Crippen molar-refractivity contribution in [3.05, 3.63) is 0 Å². The Morgan fingerprint density at radius 2 is 2.07 bits per heavy atom. The molecule has 90 valence electrons. The highest BCUT2D eigenvalue weighted by molar-refractivity contribution is 7.80. The zero-order valence-corrected chi connectivity index (χ0v) is 10.7. The average Bonchev–Trinajstić information content (AvgIpc) is 2.24. The predicted molar refractivity (Wildman–Crippen MR) is 66.2 cm³/mol. The minimum absolute atomic E-state index is 0.670. The normalized spacial score (nSPS) is 10.1. The van der Waals surface area contributed by atoms with Crippen molar-refractivity contribution in [2.45, 2.75) is 13.8 Å². The lowest BCUT2D eigenvalue weighted by Gasteiger charge is -2.24. The van der Waals surface area contributed by atoms with E-state index in [4.69, 9.17) is 21.7 Å². The Labute approximate surface area is 97.9 Å². The highest BCUT2D eigenvalue weighted by Gasteiger charge is 2.05. The van der Waals surface area contributed by atoms with Gasteiger partial charge in [0.2, 0.25) is 0 Å². The van der Waals surface area contributed by atoms with E-state index >= 15 is 0 Å². The van der Waals surface area contributed by atoms with Crippen LogP contribution in [0, 0.1) is 0 Å². The van der Waals surface area contributed by atoms with Crippen molar-refractivity contribution in [1.29, 1.82) is 0 Å². The molecule has 0 atom stereocenters. The van der Waals surface area contributed by atoms with Gasteiger partial charge < -0.3 is 19.7 Å². The molecule has 0 aromatic heterocycles. The van der Waals surface area contributed by atoms with Gasteiger partial charge in [0.25, 0.3) is 0 Å². The molecular weight excluding hydrogens is 212 g/mol. The number of nitrogens with zero attached hydrogens (tertiary/aromatic N) is 1. The third-order valence-electron chi connectivity index (χ3n) is 1.96. The van der Waals surface area contributed by atoms with Crippen molar-refractivity contribution in [1.82, 2.24) is 10.2 Å². The van der Waals surface area contributed by atoms with E-state index in [0.29, 0.717) is 6.61 Å². The first-order valence-electron chi connectivity index (χ1n) is 5.35. The molecule has 0 bridgehead atoms. The van der Waals surface area contributed by atoms with Gasteiger partial charge in [-0.05, 0) is 26.1 Å². The summed E-state index contributed by atoms with van der Waals surface area (Å²) >= 11 is 5.24. The van der Waals surface area contributed by atoms with Crippen molar-refractivity contribution in [3.8, 4) is 0 Å². The summed E-state index contributed by atoms with van der Waals surface area (Å²) < 4.78 is 10.2. The molecule has 0 aromatic rings. The van der Waals surface area contributed by atoms with Gasteiger partial charge in [-0.25, -0.2) is 0 Å². The molecule has 0 aliphatic carbocycles. The van der Waals surface area contributed by atoms with Crippen LogP contribution in [0.2, 0.25) is 0 Å². The van der Waals surface area contributed by atoms with Gasteiger partial charge in [0.15, 0.2) is 5.11 Å². The van der Waals surface area contributed by atoms with Crippen molar-refractivity contribution in [2.75, 3.05) is 46.6 Å². The topological polar surface area (TPSA) is 33.7 Å². The molecule has 15 heavy (non-hydrogen) atoms. The second-order valence-corrected chi connectivity index (χ2v) is 3.39. The number of methoxy groups -OCH3 is 1. The lowest BCUT2D eigenvalue weighted by molar-refractivity contribution is 0.133. The molecule has 1 N–H and O–H groups in total. The lowest BCUT2D eigenvalue weighted by Crippen LogP contribution is -2.42. The Morgan fingerprint density at radius 3 is 2.60 bits per heavy atom. The van der Waals surface area contributed by atoms with Gasteiger partial charge >= 0.3 is 0 Å². The van der Waals surface area contributed by atoms with Crippen LogP contribution in [0.4, 0.5) is 0 Å². The summed E-state index contributed by atoms with van der Waals surface area (Å²) in [5, 5.41) is 3.91. The number of hydrogen-bond donors (Lipinski definition) is 1. The molecule has 0 aromatic carbocycles. The van der Waals surface area contributed by atoms with E-state index in [9.17, 15) is 0 Å². The largest absolute Gasteiger partial charge is 0.383 e. The first kappa shape index (κ1) is 14.6. The Kier molecular flexibility index (Phi) is 9.88. The molecule has 4 nitrogen and oxygen atoms in total. The van der Waals surface area contributed by atoms with Crippen LogP contribution in [0.5, 0.6) is 0 Å². The summed E-state index contributed by atoms with van der Waals surface area (Å²) in [5.74, 6) is 0. The first-order valence-corrected chi connectivity index (χ1v) is 5.76. The van der Waals surface area contributed by atoms with Gasteiger partial charge in [-0.1, -0.05) is 0 Å². The third-order valence-corrected chi connectivity index (χ3v) is 2.36. The van der Waals surface area contributed by atoms with Gasteiger partial charge in [0.1, 0.15) is 0 Å².